The van der Waals surface area contributed by atoms with E-state index in [1.165, 1.54) is 12.3 Å². The van der Waals surface area contributed by atoms with Gasteiger partial charge in [-0.05, 0) is 38.1 Å². The highest BCUT2D eigenvalue weighted by Gasteiger charge is 2.21. The van der Waals surface area contributed by atoms with Crippen LogP contribution in [0.2, 0.25) is 5.02 Å². The van der Waals surface area contributed by atoms with Gasteiger partial charge in [0.05, 0.1) is 11.7 Å². The van der Waals surface area contributed by atoms with E-state index in [9.17, 15) is 9.59 Å². The molecule has 0 aliphatic rings. The number of pyridine rings is 1. The average molecular weight is 390 g/mol. The molecule has 2 aromatic rings. The fourth-order valence-electron chi connectivity index (χ4n) is 2.06. The minimum Gasteiger partial charge on any atom is -0.474 e. The molecule has 0 radical (unpaired) electrons. The van der Waals surface area contributed by atoms with E-state index in [0.29, 0.717) is 16.9 Å². The number of halogens is 1. The van der Waals surface area contributed by atoms with Gasteiger partial charge < -0.3 is 15.4 Å². The molecule has 0 saturated heterocycles. The Morgan fingerprint density at radius 1 is 1.11 bits per heavy atom. The second-order valence-corrected chi connectivity index (χ2v) is 7.82. The highest BCUT2D eigenvalue weighted by molar-refractivity contribution is 6.32. The van der Waals surface area contributed by atoms with E-state index < -0.39 is 5.41 Å². The molecule has 0 atom stereocenters. The maximum atomic E-state index is 12.5. The molecule has 2 N–H and O–H groups in total. The molecular weight excluding hydrogens is 366 g/mol. The first-order chi connectivity index (χ1) is 12.6. The summed E-state index contributed by atoms with van der Waals surface area (Å²) >= 11 is 6.13. The van der Waals surface area contributed by atoms with Crippen LogP contribution in [0.5, 0.6) is 5.88 Å². The number of carbonyl (C=O) groups is 2. The second-order valence-electron chi connectivity index (χ2n) is 7.42. The Bertz CT molecular complexity index is 845. The summed E-state index contributed by atoms with van der Waals surface area (Å²) in [6.07, 6.45) is 1.34. The maximum absolute atomic E-state index is 12.5. The smallest absolute Gasteiger partial charge is 0.257 e. The van der Waals surface area contributed by atoms with E-state index in [4.69, 9.17) is 16.3 Å². The lowest BCUT2D eigenvalue weighted by Crippen LogP contribution is -2.27. The van der Waals surface area contributed by atoms with Gasteiger partial charge in [-0.3, -0.25) is 9.59 Å². The van der Waals surface area contributed by atoms with Crippen LogP contribution in [0.25, 0.3) is 0 Å². The third-order valence-corrected chi connectivity index (χ3v) is 3.75. The normalized spacial score (nSPS) is 11.2. The van der Waals surface area contributed by atoms with Crippen molar-refractivity contribution in [1.82, 2.24) is 4.98 Å². The zero-order valence-corrected chi connectivity index (χ0v) is 16.8. The topological polar surface area (TPSA) is 80.3 Å². The molecule has 27 heavy (non-hydrogen) atoms. The largest absolute Gasteiger partial charge is 0.474 e. The molecule has 6 nitrogen and oxygen atoms in total. The number of nitrogens with zero attached hydrogens (tertiary/aromatic N) is 1. The maximum Gasteiger partial charge on any atom is 0.257 e. The van der Waals surface area contributed by atoms with E-state index in [1.807, 2.05) is 34.6 Å². The van der Waals surface area contributed by atoms with Crippen molar-refractivity contribution in [3.63, 3.8) is 0 Å². The van der Waals surface area contributed by atoms with Crippen LogP contribution in [0.3, 0.4) is 0 Å². The Labute approximate surface area is 164 Å². The van der Waals surface area contributed by atoms with Gasteiger partial charge in [-0.15, -0.1) is 0 Å². The van der Waals surface area contributed by atoms with Crippen molar-refractivity contribution >= 4 is 34.8 Å². The Kier molecular flexibility index (Phi) is 6.44. The lowest BCUT2D eigenvalue weighted by Gasteiger charge is -2.18. The van der Waals surface area contributed by atoms with Crippen molar-refractivity contribution < 1.29 is 14.3 Å². The van der Waals surface area contributed by atoms with Crippen molar-refractivity contribution in [3.8, 4) is 5.88 Å². The predicted molar refractivity (Wildman–Crippen MR) is 107 cm³/mol. The summed E-state index contributed by atoms with van der Waals surface area (Å²) in [5.41, 5.74) is 0.941. The van der Waals surface area contributed by atoms with Crippen molar-refractivity contribution in [2.75, 3.05) is 10.6 Å². The van der Waals surface area contributed by atoms with E-state index in [1.54, 1.807) is 24.3 Å². The quantitative estimate of drug-likeness (QED) is 0.772. The number of aromatic nitrogens is 1. The molecule has 0 bridgehead atoms. The lowest BCUT2D eigenvalue weighted by atomic mass is 9.95. The molecule has 0 saturated carbocycles. The zero-order chi connectivity index (χ0) is 20.2. The highest BCUT2D eigenvalue weighted by Crippen LogP contribution is 2.24. The van der Waals surface area contributed by atoms with Gasteiger partial charge in [0.2, 0.25) is 11.8 Å². The minimum atomic E-state index is -0.512. The Morgan fingerprint density at radius 3 is 2.30 bits per heavy atom. The standard InChI is InChI=1S/C20H24ClN3O3/c1-12(2)27-18-16(21)9-13(11-22-18)17(25)23-14-7-6-8-15(10-14)24-19(26)20(3,4)5/h6-12H,1-5H3,(H,23,25)(H,24,26). The van der Waals surface area contributed by atoms with Crippen LogP contribution in [0.15, 0.2) is 36.5 Å². The predicted octanol–water partition coefficient (Wildman–Crippen LogP) is 4.76. The first-order valence-electron chi connectivity index (χ1n) is 8.61. The van der Waals surface area contributed by atoms with Crippen molar-refractivity contribution in [1.29, 1.82) is 0 Å². The summed E-state index contributed by atoms with van der Waals surface area (Å²) in [5, 5.41) is 5.86. The molecule has 0 fully saturated rings. The lowest BCUT2D eigenvalue weighted by molar-refractivity contribution is -0.123. The van der Waals surface area contributed by atoms with Gasteiger partial charge in [0, 0.05) is 23.0 Å². The molecule has 1 aromatic heterocycles. The van der Waals surface area contributed by atoms with Crippen molar-refractivity contribution in [2.24, 2.45) is 5.41 Å². The van der Waals surface area contributed by atoms with Crippen molar-refractivity contribution in [3.05, 3.63) is 47.1 Å². The third kappa shape index (κ3) is 5.96. The fraction of sp³-hybridized carbons (Fsp3) is 0.350. The molecule has 1 heterocycles. The van der Waals surface area contributed by atoms with E-state index >= 15 is 0 Å². The van der Waals surface area contributed by atoms with Crippen LogP contribution in [0.4, 0.5) is 11.4 Å². The summed E-state index contributed by atoms with van der Waals surface area (Å²) in [7, 11) is 0. The number of anilines is 2. The third-order valence-electron chi connectivity index (χ3n) is 3.48. The van der Waals surface area contributed by atoms with Gasteiger partial charge in [-0.1, -0.05) is 38.4 Å². The van der Waals surface area contributed by atoms with Gasteiger partial charge >= 0.3 is 0 Å². The van der Waals surface area contributed by atoms with Crippen LogP contribution in [0, 0.1) is 5.41 Å². The van der Waals surface area contributed by atoms with E-state index in [0.717, 1.165) is 0 Å². The SMILES string of the molecule is CC(C)Oc1ncc(C(=O)Nc2cccc(NC(=O)C(C)(C)C)c2)cc1Cl. The molecule has 0 aliphatic carbocycles. The molecule has 0 aliphatic heterocycles. The Hall–Kier alpha value is -2.60. The van der Waals surface area contributed by atoms with E-state index in [2.05, 4.69) is 15.6 Å². The van der Waals surface area contributed by atoms with Gasteiger partial charge in [0.25, 0.3) is 5.91 Å². The second kappa shape index (κ2) is 8.39. The summed E-state index contributed by atoms with van der Waals surface area (Å²) in [5.74, 6) is -0.183. The van der Waals surface area contributed by atoms with Crippen molar-refractivity contribution in [2.45, 2.75) is 40.7 Å². The number of amides is 2. The first-order valence-corrected chi connectivity index (χ1v) is 8.99. The molecule has 7 heteroatoms. The van der Waals surface area contributed by atoms with Crippen LogP contribution < -0.4 is 15.4 Å². The summed E-state index contributed by atoms with van der Waals surface area (Å²) in [6, 6.07) is 8.43. The first kappa shape index (κ1) is 20.7. The minimum absolute atomic E-state index is 0.0688. The molecule has 0 unspecified atom stereocenters. The number of benzene rings is 1. The zero-order valence-electron chi connectivity index (χ0n) is 16.1. The molecular formula is C20H24ClN3O3. The number of ether oxygens (including phenoxy) is 1. The van der Waals surface area contributed by atoms with Crippen LogP contribution in [0.1, 0.15) is 45.0 Å². The number of nitrogens with one attached hydrogen (secondary N) is 2. The number of rotatable bonds is 5. The fourth-order valence-corrected chi connectivity index (χ4v) is 2.27. The summed E-state index contributed by atoms with van der Waals surface area (Å²) < 4.78 is 5.46. The van der Waals surface area contributed by atoms with Crippen LogP contribution in [-0.2, 0) is 4.79 Å². The summed E-state index contributed by atoms with van der Waals surface area (Å²) in [4.78, 5) is 28.6. The Morgan fingerprint density at radius 2 is 1.74 bits per heavy atom. The Balaban J connectivity index is 2.11. The number of carbonyl (C=O) groups excluding carboxylic acids is 2. The van der Waals surface area contributed by atoms with Crippen LogP contribution >= 0.6 is 11.6 Å². The van der Waals surface area contributed by atoms with Gasteiger partial charge in [0.1, 0.15) is 5.02 Å². The molecule has 1 aromatic carbocycles. The molecule has 2 rings (SSSR count). The summed E-state index contributed by atoms with van der Waals surface area (Å²) in [6.45, 7) is 9.22. The monoisotopic (exact) mass is 389 g/mol. The molecule has 0 spiro atoms. The molecule has 144 valence electrons. The van der Waals surface area contributed by atoms with E-state index in [-0.39, 0.29) is 28.8 Å². The highest BCUT2D eigenvalue weighted by atomic mass is 35.5. The number of hydrogen-bond acceptors (Lipinski definition) is 4. The van der Waals surface area contributed by atoms with Gasteiger partial charge in [0.15, 0.2) is 0 Å². The average Bonchev–Trinajstić information content (AvgIpc) is 2.55. The molecule has 2 amide bonds. The van der Waals surface area contributed by atoms with Gasteiger partial charge in [-0.25, -0.2) is 4.98 Å². The number of hydrogen-bond donors (Lipinski definition) is 2. The van der Waals surface area contributed by atoms with Gasteiger partial charge in [-0.2, -0.15) is 0 Å². The van der Waals surface area contributed by atoms with Crippen LogP contribution in [-0.4, -0.2) is 22.9 Å².